The van der Waals surface area contributed by atoms with Crippen LogP contribution in [0.1, 0.15) is 25.7 Å². The van der Waals surface area contributed by atoms with Crippen LogP contribution in [0, 0.1) is 11.8 Å². The van der Waals surface area contributed by atoms with Crippen LogP contribution in [0.3, 0.4) is 0 Å². The van der Waals surface area contributed by atoms with Crippen LogP contribution in [0.15, 0.2) is 0 Å². The first-order valence-electron chi connectivity index (χ1n) is 3.94. The lowest BCUT2D eigenvalue weighted by Crippen LogP contribution is -2.38. The van der Waals surface area contributed by atoms with E-state index in [-0.39, 0.29) is 0 Å². The maximum absolute atomic E-state index is 11.1. The molecule has 0 aromatic rings. The summed E-state index contributed by atoms with van der Waals surface area (Å²) >= 11 is 6.03. The highest BCUT2D eigenvalue weighted by Crippen LogP contribution is 2.41. The average Bonchev–Trinajstić information content (AvgIpc) is 1.91. The number of halogens is 1. The molecule has 3 atom stereocenters. The standard InChI is InChI=1S/C8H11ClO/c9-7-3-6-2-1-5(7)4-8(6)10/h5-7H,1-4H2/t5-,6-,7+/m1/s1. The van der Waals surface area contributed by atoms with Crippen molar-refractivity contribution in [1.29, 1.82) is 0 Å². The van der Waals surface area contributed by atoms with Crippen LogP contribution in [0.5, 0.6) is 0 Å². The summed E-state index contributed by atoms with van der Waals surface area (Å²) in [5.74, 6) is 1.31. The molecule has 10 heavy (non-hydrogen) atoms. The highest BCUT2D eigenvalue weighted by Gasteiger charge is 2.39. The number of hydrogen-bond donors (Lipinski definition) is 0. The number of carbonyl (C=O) groups excluding carboxylic acids is 1. The van der Waals surface area contributed by atoms with Gasteiger partial charge in [-0.15, -0.1) is 11.6 Å². The predicted molar refractivity (Wildman–Crippen MR) is 40.1 cm³/mol. The Hall–Kier alpha value is -0.0400. The fraction of sp³-hybridized carbons (Fsp3) is 0.875. The van der Waals surface area contributed by atoms with Crippen LogP contribution in [-0.2, 0) is 4.79 Å². The largest absolute Gasteiger partial charge is 0.299 e. The second kappa shape index (κ2) is 2.23. The van der Waals surface area contributed by atoms with Crippen LogP contribution in [0.4, 0.5) is 0 Å². The van der Waals surface area contributed by atoms with Crippen molar-refractivity contribution >= 4 is 17.4 Å². The predicted octanol–water partition coefficient (Wildman–Crippen LogP) is 1.98. The molecule has 1 nitrogen and oxygen atoms in total. The van der Waals surface area contributed by atoms with Crippen molar-refractivity contribution in [2.24, 2.45) is 11.8 Å². The summed E-state index contributed by atoms with van der Waals surface area (Å²) in [5.41, 5.74) is 0. The topological polar surface area (TPSA) is 17.1 Å². The van der Waals surface area contributed by atoms with Crippen LogP contribution in [0.2, 0.25) is 0 Å². The maximum Gasteiger partial charge on any atom is 0.136 e. The van der Waals surface area contributed by atoms with Gasteiger partial charge in [-0.25, -0.2) is 0 Å². The van der Waals surface area contributed by atoms with E-state index in [0.29, 0.717) is 23.0 Å². The number of rotatable bonds is 0. The highest BCUT2D eigenvalue weighted by molar-refractivity contribution is 6.21. The fourth-order valence-electron chi connectivity index (χ4n) is 2.13. The molecular weight excluding hydrogens is 148 g/mol. The van der Waals surface area contributed by atoms with Crippen molar-refractivity contribution in [3.63, 3.8) is 0 Å². The zero-order valence-corrected chi connectivity index (χ0v) is 6.60. The summed E-state index contributed by atoms with van der Waals surface area (Å²) in [6, 6.07) is 0. The van der Waals surface area contributed by atoms with E-state index in [2.05, 4.69) is 0 Å². The van der Waals surface area contributed by atoms with Gasteiger partial charge in [0.1, 0.15) is 5.78 Å². The van der Waals surface area contributed by atoms with Crippen molar-refractivity contribution in [1.82, 2.24) is 0 Å². The van der Waals surface area contributed by atoms with E-state index in [4.69, 9.17) is 11.6 Å². The average molecular weight is 159 g/mol. The molecule has 3 aliphatic rings. The van der Waals surface area contributed by atoms with Gasteiger partial charge in [-0.2, -0.15) is 0 Å². The molecular formula is C8H11ClO. The third-order valence-corrected chi connectivity index (χ3v) is 3.36. The summed E-state index contributed by atoms with van der Waals surface area (Å²) in [6.45, 7) is 0. The molecule has 0 saturated heterocycles. The molecule has 0 aliphatic heterocycles. The van der Waals surface area contributed by atoms with Gasteiger partial charge in [-0.1, -0.05) is 0 Å². The van der Waals surface area contributed by atoms with E-state index in [9.17, 15) is 4.79 Å². The Balaban J connectivity index is 2.16. The third-order valence-electron chi connectivity index (χ3n) is 2.83. The lowest BCUT2D eigenvalue weighted by molar-refractivity contribution is -0.128. The van der Waals surface area contributed by atoms with Gasteiger partial charge in [-0.05, 0) is 25.2 Å². The van der Waals surface area contributed by atoms with Crippen LogP contribution >= 0.6 is 11.6 Å². The van der Waals surface area contributed by atoms with Crippen LogP contribution < -0.4 is 0 Å². The Morgan fingerprint density at radius 1 is 1.40 bits per heavy atom. The molecule has 0 aromatic heterocycles. The molecule has 0 amide bonds. The monoisotopic (exact) mass is 158 g/mol. The van der Waals surface area contributed by atoms with E-state index >= 15 is 0 Å². The summed E-state index contributed by atoms with van der Waals surface area (Å²) in [7, 11) is 0. The van der Waals surface area contributed by atoms with Gasteiger partial charge in [0.05, 0.1) is 0 Å². The third kappa shape index (κ3) is 0.878. The van der Waals surface area contributed by atoms with Gasteiger partial charge >= 0.3 is 0 Å². The number of fused-ring (bicyclic) bond motifs is 3. The lowest BCUT2D eigenvalue weighted by atomic mass is 9.70. The van der Waals surface area contributed by atoms with Crippen LogP contribution in [-0.4, -0.2) is 11.2 Å². The molecule has 3 rings (SSSR count). The minimum Gasteiger partial charge on any atom is -0.299 e. The fourth-order valence-corrected chi connectivity index (χ4v) is 2.56. The molecule has 3 saturated carbocycles. The van der Waals surface area contributed by atoms with Crippen molar-refractivity contribution in [3.8, 4) is 0 Å². The minimum absolute atomic E-state index is 0.302. The molecule has 0 unspecified atom stereocenters. The van der Waals surface area contributed by atoms with E-state index in [0.717, 1.165) is 19.3 Å². The van der Waals surface area contributed by atoms with Gasteiger partial charge in [0.15, 0.2) is 0 Å². The van der Waals surface area contributed by atoms with E-state index in [1.165, 1.54) is 6.42 Å². The zero-order valence-electron chi connectivity index (χ0n) is 5.85. The summed E-state index contributed by atoms with van der Waals surface area (Å²) < 4.78 is 0. The number of ketones is 1. The second-order valence-corrected chi connectivity index (χ2v) is 4.02. The second-order valence-electron chi connectivity index (χ2n) is 3.46. The number of hydrogen-bond acceptors (Lipinski definition) is 1. The first-order chi connectivity index (χ1) is 4.77. The Labute approximate surface area is 65.7 Å². The molecule has 0 heterocycles. The molecule has 3 fully saturated rings. The Morgan fingerprint density at radius 2 is 2.20 bits per heavy atom. The molecule has 2 heteroatoms. The summed E-state index contributed by atoms with van der Waals surface area (Å²) in [5, 5.41) is 0.302. The summed E-state index contributed by atoms with van der Waals surface area (Å²) in [4.78, 5) is 11.1. The van der Waals surface area contributed by atoms with Gasteiger partial charge in [0, 0.05) is 17.7 Å². The maximum atomic E-state index is 11.1. The normalized spacial score (nSPS) is 46.1. The van der Waals surface area contributed by atoms with Crippen LogP contribution in [0.25, 0.3) is 0 Å². The first-order valence-corrected chi connectivity index (χ1v) is 4.38. The van der Waals surface area contributed by atoms with Gasteiger partial charge in [-0.3, -0.25) is 4.79 Å². The molecule has 56 valence electrons. The van der Waals surface area contributed by atoms with Crippen molar-refractivity contribution in [2.45, 2.75) is 31.1 Å². The van der Waals surface area contributed by atoms with E-state index < -0.39 is 0 Å². The van der Waals surface area contributed by atoms with E-state index in [1.807, 2.05) is 0 Å². The Morgan fingerprint density at radius 3 is 2.50 bits per heavy atom. The van der Waals surface area contributed by atoms with Gasteiger partial charge < -0.3 is 0 Å². The lowest BCUT2D eigenvalue weighted by Gasteiger charge is -2.38. The Bertz CT molecular complexity index is 167. The number of Topliss-reactive ketones (excluding diaryl/α,β-unsaturated/α-hetero) is 1. The van der Waals surface area contributed by atoms with Crippen molar-refractivity contribution in [3.05, 3.63) is 0 Å². The minimum atomic E-state index is 0.302. The van der Waals surface area contributed by atoms with E-state index in [1.54, 1.807) is 0 Å². The molecule has 0 aromatic carbocycles. The first kappa shape index (κ1) is 6.66. The van der Waals surface area contributed by atoms with Crippen molar-refractivity contribution in [2.75, 3.05) is 0 Å². The van der Waals surface area contributed by atoms with Gasteiger partial charge in [0.25, 0.3) is 0 Å². The quantitative estimate of drug-likeness (QED) is 0.493. The molecule has 0 N–H and O–H groups in total. The molecule has 0 spiro atoms. The van der Waals surface area contributed by atoms with Gasteiger partial charge in [0.2, 0.25) is 0 Å². The molecule has 2 bridgehead atoms. The highest BCUT2D eigenvalue weighted by atomic mass is 35.5. The van der Waals surface area contributed by atoms with Crippen molar-refractivity contribution < 1.29 is 4.79 Å². The Kier molecular flexibility index (Phi) is 1.48. The SMILES string of the molecule is O=C1C[C@H]2CC[C@@H]1C[C@@H]2Cl. The smallest absolute Gasteiger partial charge is 0.136 e. The number of carbonyl (C=O) groups is 1. The molecule has 0 radical (unpaired) electrons. The number of alkyl halides is 1. The summed E-state index contributed by atoms with van der Waals surface area (Å²) in [6.07, 6.45) is 4.00. The molecule has 3 aliphatic carbocycles. The zero-order chi connectivity index (χ0) is 7.14.